The number of morpholine rings is 1. The molecular formula is C11H18N2O5. The molecule has 7 nitrogen and oxygen atoms in total. The highest BCUT2D eigenvalue weighted by Gasteiger charge is 2.31. The summed E-state index contributed by atoms with van der Waals surface area (Å²) in [7, 11) is 0. The number of nitrogens with zero attached hydrogens (tertiary/aromatic N) is 1. The molecule has 2 amide bonds. The number of amides is 2. The summed E-state index contributed by atoms with van der Waals surface area (Å²) in [5, 5.41) is 11.3. The summed E-state index contributed by atoms with van der Waals surface area (Å²) in [6.07, 6.45) is -0.154. The minimum atomic E-state index is -0.976. The van der Waals surface area contributed by atoms with Gasteiger partial charge in [0, 0.05) is 13.5 Å². The third-order valence-corrected chi connectivity index (χ3v) is 2.71. The molecule has 7 heteroatoms. The van der Waals surface area contributed by atoms with Crippen molar-refractivity contribution in [3.63, 3.8) is 0 Å². The van der Waals surface area contributed by atoms with E-state index in [-0.39, 0.29) is 24.8 Å². The zero-order valence-electron chi connectivity index (χ0n) is 10.5. The number of aliphatic carboxylic acids is 1. The second-order valence-electron chi connectivity index (χ2n) is 4.28. The lowest BCUT2D eigenvalue weighted by molar-refractivity contribution is -0.148. The quantitative estimate of drug-likeness (QED) is 0.689. The number of carbonyl (C=O) groups excluding carboxylic acids is 2. The highest BCUT2D eigenvalue weighted by Crippen LogP contribution is 2.12. The third kappa shape index (κ3) is 3.99. The molecule has 102 valence electrons. The van der Waals surface area contributed by atoms with Crippen molar-refractivity contribution < 1.29 is 24.2 Å². The van der Waals surface area contributed by atoms with Gasteiger partial charge in [-0.2, -0.15) is 0 Å². The van der Waals surface area contributed by atoms with Gasteiger partial charge in [0.05, 0.1) is 25.7 Å². The minimum Gasteiger partial charge on any atom is -0.481 e. The summed E-state index contributed by atoms with van der Waals surface area (Å²) in [5.74, 6) is -1.55. The molecule has 2 unspecified atom stereocenters. The Morgan fingerprint density at radius 3 is 2.72 bits per heavy atom. The molecule has 0 aliphatic carbocycles. The van der Waals surface area contributed by atoms with Gasteiger partial charge in [0.25, 0.3) is 0 Å². The van der Waals surface area contributed by atoms with Crippen LogP contribution >= 0.6 is 0 Å². The van der Waals surface area contributed by atoms with Crippen molar-refractivity contribution >= 4 is 17.8 Å². The molecule has 1 heterocycles. The number of hydrogen-bond donors (Lipinski definition) is 2. The Bertz CT molecular complexity index is 344. The van der Waals surface area contributed by atoms with Gasteiger partial charge < -0.3 is 20.1 Å². The van der Waals surface area contributed by atoms with Crippen LogP contribution in [0, 0.1) is 0 Å². The van der Waals surface area contributed by atoms with Gasteiger partial charge in [-0.15, -0.1) is 0 Å². The Morgan fingerprint density at radius 1 is 1.50 bits per heavy atom. The van der Waals surface area contributed by atoms with Crippen LogP contribution in [0.15, 0.2) is 0 Å². The zero-order chi connectivity index (χ0) is 13.7. The maximum absolute atomic E-state index is 12.1. The number of ether oxygens (including phenoxy) is 1. The number of hydrogen-bond acceptors (Lipinski definition) is 4. The van der Waals surface area contributed by atoms with Gasteiger partial charge in [0.15, 0.2) is 0 Å². The van der Waals surface area contributed by atoms with Crippen LogP contribution in [-0.4, -0.2) is 59.6 Å². The Hall–Kier alpha value is -1.63. The van der Waals surface area contributed by atoms with E-state index in [1.807, 2.05) is 0 Å². The van der Waals surface area contributed by atoms with Gasteiger partial charge in [0.1, 0.15) is 6.04 Å². The fraction of sp³-hybridized carbons (Fsp3) is 0.727. The molecule has 0 bridgehead atoms. The van der Waals surface area contributed by atoms with E-state index in [4.69, 9.17) is 9.84 Å². The maximum Gasteiger partial charge on any atom is 0.305 e. The van der Waals surface area contributed by atoms with Crippen LogP contribution in [0.5, 0.6) is 0 Å². The van der Waals surface area contributed by atoms with Gasteiger partial charge in [-0.05, 0) is 6.92 Å². The number of carbonyl (C=O) groups is 3. The lowest BCUT2D eigenvalue weighted by Crippen LogP contribution is -2.55. The average molecular weight is 258 g/mol. The van der Waals surface area contributed by atoms with Gasteiger partial charge in [0.2, 0.25) is 11.8 Å². The molecule has 1 saturated heterocycles. The number of carboxylic acid groups (broad SMARTS) is 1. The van der Waals surface area contributed by atoms with Crippen molar-refractivity contribution in [3.8, 4) is 0 Å². The van der Waals surface area contributed by atoms with Crippen molar-refractivity contribution in [2.24, 2.45) is 0 Å². The van der Waals surface area contributed by atoms with E-state index in [1.54, 1.807) is 6.92 Å². The van der Waals surface area contributed by atoms with Crippen LogP contribution in [0.4, 0.5) is 0 Å². The monoisotopic (exact) mass is 258 g/mol. The summed E-state index contributed by atoms with van der Waals surface area (Å²) in [6, 6.07) is -1.13. The van der Waals surface area contributed by atoms with Crippen LogP contribution in [-0.2, 0) is 19.1 Å². The van der Waals surface area contributed by atoms with Crippen molar-refractivity contribution in [1.82, 2.24) is 10.2 Å². The van der Waals surface area contributed by atoms with Gasteiger partial charge in [-0.1, -0.05) is 0 Å². The summed E-state index contributed by atoms with van der Waals surface area (Å²) in [5.41, 5.74) is 0. The normalized spacial score (nSPS) is 21.2. The highest BCUT2D eigenvalue weighted by molar-refractivity contribution is 5.87. The molecule has 0 aromatic heterocycles. The molecule has 18 heavy (non-hydrogen) atoms. The Morgan fingerprint density at radius 2 is 2.17 bits per heavy atom. The Balaban J connectivity index is 2.67. The topological polar surface area (TPSA) is 95.9 Å². The second-order valence-corrected chi connectivity index (χ2v) is 4.28. The van der Waals surface area contributed by atoms with E-state index in [0.717, 1.165) is 0 Å². The zero-order valence-corrected chi connectivity index (χ0v) is 10.5. The fourth-order valence-electron chi connectivity index (χ4n) is 1.93. The maximum atomic E-state index is 12.1. The molecule has 0 spiro atoms. The predicted octanol–water partition coefficient (Wildman–Crippen LogP) is -0.787. The molecule has 0 aromatic carbocycles. The van der Waals surface area contributed by atoms with E-state index >= 15 is 0 Å². The standard InChI is InChI=1S/C11H18N2O5/c1-7(12-8(2)14)11(17)13-3-4-18-6-9(13)5-10(15)16/h7,9H,3-6H2,1-2H3,(H,12,14)(H,15,16). The molecule has 2 N–H and O–H groups in total. The van der Waals surface area contributed by atoms with Crippen LogP contribution in [0.25, 0.3) is 0 Å². The molecule has 0 aromatic rings. The third-order valence-electron chi connectivity index (χ3n) is 2.71. The van der Waals surface area contributed by atoms with Gasteiger partial charge in [-0.3, -0.25) is 14.4 Å². The van der Waals surface area contributed by atoms with Crippen LogP contribution < -0.4 is 5.32 Å². The van der Waals surface area contributed by atoms with E-state index in [0.29, 0.717) is 13.2 Å². The van der Waals surface area contributed by atoms with E-state index in [9.17, 15) is 14.4 Å². The first-order valence-electron chi connectivity index (χ1n) is 5.79. The summed E-state index contributed by atoms with van der Waals surface area (Å²) in [4.78, 5) is 35.2. The fourth-order valence-corrected chi connectivity index (χ4v) is 1.93. The van der Waals surface area contributed by atoms with Gasteiger partial charge in [-0.25, -0.2) is 0 Å². The molecule has 1 aliphatic rings. The highest BCUT2D eigenvalue weighted by atomic mass is 16.5. The summed E-state index contributed by atoms with van der Waals surface area (Å²) in [6.45, 7) is 3.86. The molecule has 1 aliphatic heterocycles. The lowest BCUT2D eigenvalue weighted by Gasteiger charge is -2.36. The van der Waals surface area contributed by atoms with Crippen LogP contribution in [0.1, 0.15) is 20.3 Å². The van der Waals surface area contributed by atoms with Crippen molar-refractivity contribution in [1.29, 1.82) is 0 Å². The van der Waals surface area contributed by atoms with E-state index in [2.05, 4.69) is 5.32 Å². The van der Waals surface area contributed by atoms with E-state index in [1.165, 1.54) is 11.8 Å². The predicted molar refractivity (Wildman–Crippen MR) is 61.9 cm³/mol. The average Bonchev–Trinajstić information content (AvgIpc) is 2.27. The first-order chi connectivity index (χ1) is 8.41. The number of rotatable bonds is 4. The first-order valence-corrected chi connectivity index (χ1v) is 5.79. The molecule has 0 radical (unpaired) electrons. The molecular weight excluding hydrogens is 240 g/mol. The molecule has 1 fully saturated rings. The van der Waals surface area contributed by atoms with E-state index < -0.39 is 18.1 Å². The largest absolute Gasteiger partial charge is 0.481 e. The summed E-state index contributed by atoms with van der Waals surface area (Å²) >= 11 is 0. The van der Waals surface area contributed by atoms with Crippen LogP contribution in [0.3, 0.4) is 0 Å². The molecule has 1 rings (SSSR count). The van der Waals surface area contributed by atoms with Gasteiger partial charge >= 0.3 is 5.97 Å². The first kappa shape index (κ1) is 14.4. The van der Waals surface area contributed by atoms with Crippen molar-refractivity contribution in [2.75, 3.05) is 19.8 Å². The second kappa shape index (κ2) is 6.34. The minimum absolute atomic E-state index is 0.154. The molecule has 0 saturated carbocycles. The smallest absolute Gasteiger partial charge is 0.305 e. The molecule has 2 atom stereocenters. The van der Waals surface area contributed by atoms with Crippen molar-refractivity contribution in [2.45, 2.75) is 32.4 Å². The van der Waals surface area contributed by atoms with Crippen LogP contribution in [0.2, 0.25) is 0 Å². The SMILES string of the molecule is CC(=O)NC(C)C(=O)N1CCOCC1CC(=O)O. The Labute approximate surface area is 105 Å². The lowest BCUT2D eigenvalue weighted by atomic mass is 10.1. The number of carboxylic acids is 1. The Kier molecular flexibility index (Phi) is 5.08. The summed E-state index contributed by atoms with van der Waals surface area (Å²) < 4.78 is 5.18. The number of nitrogens with one attached hydrogen (secondary N) is 1. The van der Waals surface area contributed by atoms with Crippen molar-refractivity contribution in [3.05, 3.63) is 0 Å².